The fourth-order valence-corrected chi connectivity index (χ4v) is 4.23. The van der Waals surface area contributed by atoms with E-state index in [1.54, 1.807) is 33.6 Å². The van der Waals surface area contributed by atoms with Gasteiger partial charge in [0.2, 0.25) is 0 Å². The Balaban J connectivity index is 0.00000261. The molecule has 0 saturated heterocycles. The number of carbonyl (C=O) groups excluding carboxylic acids is 1. The number of fused-ring (bicyclic) bond motifs is 1. The first-order chi connectivity index (χ1) is 12.5. The number of thiophene rings is 1. The number of halogens is 1. The van der Waals surface area contributed by atoms with E-state index in [9.17, 15) is 4.79 Å². The second-order valence-corrected chi connectivity index (χ2v) is 8.48. The van der Waals surface area contributed by atoms with E-state index in [0.717, 1.165) is 26.8 Å². The number of anilines is 1. The Hall–Kier alpha value is -1.73. The van der Waals surface area contributed by atoms with Crippen LogP contribution in [0.2, 0.25) is 0 Å². The molecule has 7 heteroatoms. The van der Waals surface area contributed by atoms with Gasteiger partial charge in [0.15, 0.2) is 5.13 Å². The van der Waals surface area contributed by atoms with Crippen molar-refractivity contribution >= 4 is 62.4 Å². The Morgan fingerprint density at radius 1 is 1.19 bits per heavy atom. The SMILES string of the molecule is Cc1ccc2sc(N(CCN(C)C)C(=O)C=Cc3cccs3)nc2c1C.Cl. The number of hydrogen-bond donors (Lipinski definition) is 0. The molecular weight excluding hydrogens is 398 g/mol. The predicted molar refractivity (Wildman–Crippen MR) is 121 cm³/mol. The summed E-state index contributed by atoms with van der Waals surface area (Å²) >= 11 is 3.20. The van der Waals surface area contributed by atoms with Gasteiger partial charge in [-0.05, 0) is 62.7 Å². The quantitative estimate of drug-likeness (QED) is 0.525. The number of thiazole rings is 1. The van der Waals surface area contributed by atoms with Gasteiger partial charge in [0.05, 0.1) is 10.2 Å². The second-order valence-electron chi connectivity index (χ2n) is 6.49. The van der Waals surface area contributed by atoms with Crippen molar-refractivity contribution in [3.8, 4) is 0 Å². The molecule has 0 spiro atoms. The molecule has 0 saturated carbocycles. The minimum absolute atomic E-state index is 0. The molecule has 144 valence electrons. The normalized spacial score (nSPS) is 11.3. The highest BCUT2D eigenvalue weighted by atomic mass is 35.5. The zero-order valence-electron chi connectivity index (χ0n) is 15.9. The summed E-state index contributed by atoms with van der Waals surface area (Å²) in [6.07, 6.45) is 3.52. The number of carbonyl (C=O) groups is 1. The summed E-state index contributed by atoms with van der Waals surface area (Å²) in [7, 11) is 4.02. The van der Waals surface area contributed by atoms with Crippen molar-refractivity contribution in [2.75, 3.05) is 32.1 Å². The molecule has 0 unspecified atom stereocenters. The fourth-order valence-electron chi connectivity index (χ4n) is 2.56. The number of aromatic nitrogens is 1. The van der Waals surface area contributed by atoms with Crippen LogP contribution in [-0.2, 0) is 4.79 Å². The maximum absolute atomic E-state index is 12.9. The van der Waals surface area contributed by atoms with Crippen LogP contribution in [0.1, 0.15) is 16.0 Å². The number of aryl methyl sites for hydroxylation is 2. The van der Waals surface area contributed by atoms with Crippen molar-refractivity contribution in [3.05, 3.63) is 51.7 Å². The molecule has 27 heavy (non-hydrogen) atoms. The fraction of sp³-hybridized carbons (Fsp3) is 0.300. The van der Waals surface area contributed by atoms with Crippen molar-refractivity contribution in [1.82, 2.24) is 9.88 Å². The van der Waals surface area contributed by atoms with Gasteiger partial charge < -0.3 is 4.90 Å². The molecule has 2 heterocycles. The molecule has 1 aromatic carbocycles. The molecule has 2 aromatic heterocycles. The van der Waals surface area contributed by atoms with Gasteiger partial charge in [0.25, 0.3) is 5.91 Å². The first kappa shape index (κ1) is 21.6. The maximum atomic E-state index is 12.9. The summed E-state index contributed by atoms with van der Waals surface area (Å²) in [6.45, 7) is 5.57. The van der Waals surface area contributed by atoms with Crippen LogP contribution in [-0.4, -0.2) is 43.0 Å². The van der Waals surface area contributed by atoms with E-state index in [4.69, 9.17) is 4.98 Å². The Bertz CT molecular complexity index is 932. The first-order valence-electron chi connectivity index (χ1n) is 8.50. The average molecular weight is 422 g/mol. The van der Waals surface area contributed by atoms with Crippen LogP contribution >= 0.6 is 35.1 Å². The minimum atomic E-state index is -0.0336. The van der Waals surface area contributed by atoms with Crippen molar-refractivity contribution in [2.45, 2.75) is 13.8 Å². The monoisotopic (exact) mass is 421 g/mol. The van der Waals surface area contributed by atoms with Crippen LogP contribution in [0.4, 0.5) is 5.13 Å². The van der Waals surface area contributed by atoms with Crippen LogP contribution in [0.3, 0.4) is 0 Å². The van der Waals surface area contributed by atoms with Crippen LogP contribution in [0, 0.1) is 13.8 Å². The zero-order chi connectivity index (χ0) is 18.7. The lowest BCUT2D eigenvalue weighted by molar-refractivity contribution is -0.114. The molecule has 1 amide bonds. The Morgan fingerprint density at radius 3 is 2.63 bits per heavy atom. The van der Waals surface area contributed by atoms with E-state index in [-0.39, 0.29) is 18.3 Å². The van der Waals surface area contributed by atoms with Gasteiger partial charge in [-0.1, -0.05) is 23.5 Å². The third kappa shape index (κ3) is 5.17. The lowest BCUT2D eigenvalue weighted by Crippen LogP contribution is -2.35. The minimum Gasteiger partial charge on any atom is -0.308 e. The number of rotatable bonds is 6. The summed E-state index contributed by atoms with van der Waals surface area (Å²) in [4.78, 5) is 22.6. The second kappa shape index (κ2) is 9.46. The molecule has 0 fully saturated rings. The topological polar surface area (TPSA) is 36.4 Å². The summed E-state index contributed by atoms with van der Waals surface area (Å²) < 4.78 is 1.12. The highest BCUT2D eigenvalue weighted by Gasteiger charge is 2.19. The Labute approximate surface area is 174 Å². The average Bonchev–Trinajstić information content (AvgIpc) is 3.26. The number of amides is 1. The van der Waals surface area contributed by atoms with Crippen molar-refractivity contribution in [1.29, 1.82) is 0 Å². The van der Waals surface area contributed by atoms with Crippen LogP contribution in [0.15, 0.2) is 35.7 Å². The molecule has 3 aromatic rings. The van der Waals surface area contributed by atoms with Gasteiger partial charge in [-0.25, -0.2) is 4.98 Å². The summed E-state index contributed by atoms with van der Waals surface area (Å²) in [6, 6.07) is 8.19. The van der Waals surface area contributed by atoms with Crippen LogP contribution < -0.4 is 4.90 Å². The third-order valence-electron chi connectivity index (χ3n) is 4.27. The van der Waals surface area contributed by atoms with E-state index in [2.05, 4.69) is 30.9 Å². The van der Waals surface area contributed by atoms with Crippen molar-refractivity contribution in [2.24, 2.45) is 0 Å². The lowest BCUT2D eigenvalue weighted by atomic mass is 10.1. The van der Waals surface area contributed by atoms with Gasteiger partial charge in [0.1, 0.15) is 0 Å². The molecule has 0 aliphatic carbocycles. The van der Waals surface area contributed by atoms with E-state index in [1.807, 2.05) is 37.7 Å². The van der Waals surface area contributed by atoms with Crippen LogP contribution in [0.5, 0.6) is 0 Å². The van der Waals surface area contributed by atoms with Crippen molar-refractivity contribution < 1.29 is 4.79 Å². The molecule has 4 nitrogen and oxygen atoms in total. The zero-order valence-corrected chi connectivity index (χ0v) is 18.4. The van der Waals surface area contributed by atoms with Gasteiger partial charge in [-0.3, -0.25) is 9.69 Å². The molecule has 0 aliphatic rings. The van der Waals surface area contributed by atoms with Gasteiger partial charge in [-0.2, -0.15) is 0 Å². The largest absolute Gasteiger partial charge is 0.308 e. The molecular formula is C20H24ClN3OS2. The van der Waals surface area contributed by atoms with Crippen LogP contribution in [0.25, 0.3) is 16.3 Å². The van der Waals surface area contributed by atoms with Gasteiger partial charge in [0, 0.05) is 24.0 Å². The predicted octanol–water partition coefficient (Wildman–Crippen LogP) is 5.00. The smallest absolute Gasteiger partial charge is 0.252 e. The molecule has 0 radical (unpaired) electrons. The van der Waals surface area contributed by atoms with E-state index >= 15 is 0 Å². The third-order valence-corrected chi connectivity index (χ3v) is 6.16. The van der Waals surface area contributed by atoms with Gasteiger partial charge >= 0.3 is 0 Å². The molecule has 0 aliphatic heterocycles. The maximum Gasteiger partial charge on any atom is 0.252 e. The van der Waals surface area contributed by atoms with E-state index < -0.39 is 0 Å². The Morgan fingerprint density at radius 2 is 1.96 bits per heavy atom. The number of hydrogen-bond acceptors (Lipinski definition) is 5. The van der Waals surface area contributed by atoms with Crippen molar-refractivity contribution in [3.63, 3.8) is 0 Å². The molecule has 3 rings (SSSR count). The molecule has 0 atom stereocenters. The summed E-state index contributed by atoms with van der Waals surface area (Å²) in [5, 5.41) is 2.77. The molecule has 0 bridgehead atoms. The van der Waals surface area contributed by atoms with E-state index in [0.29, 0.717) is 6.54 Å². The first-order valence-corrected chi connectivity index (χ1v) is 10.2. The molecule has 0 N–H and O–H groups in total. The van der Waals surface area contributed by atoms with E-state index in [1.165, 1.54) is 11.1 Å². The highest BCUT2D eigenvalue weighted by molar-refractivity contribution is 7.22. The standard InChI is InChI=1S/C20H23N3OS2.ClH/c1-14-7-9-17-19(15(14)2)21-20(26-17)23(12-11-22(3)4)18(24)10-8-16-6-5-13-25-16;/h5-10,13H,11-12H2,1-4H3;1H. The van der Waals surface area contributed by atoms with Gasteiger partial charge in [-0.15, -0.1) is 23.7 Å². The summed E-state index contributed by atoms with van der Waals surface area (Å²) in [5.41, 5.74) is 3.40. The number of benzene rings is 1. The number of likely N-dealkylation sites (N-methyl/N-ethyl adjacent to an activating group) is 1. The lowest BCUT2D eigenvalue weighted by Gasteiger charge is -2.20. The summed E-state index contributed by atoms with van der Waals surface area (Å²) in [5.74, 6) is -0.0336. The Kier molecular flexibility index (Phi) is 7.56. The number of nitrogens with zero attached hydrogens (tertiary/aromatic N) is 3. The highest BCUT2D eigenvalue weighted by Crippen LogP contribution is 2.32.